The fourth-order valence-electron chi connectivity index (χ4n) is 4.78. The summed E-state index contributed by atoms with van der Waals surface area (Å²) >= 11 is 0. The second kappa shape index (κ2) is 8.54. The number of aromatic nitrogens is 1. The molecule has 1 aliphatic carbocycles. The van der Waals surface area contributed by atoms with Gasteiger partial charge in [-0.05, 0) is 61.6 Å². The number of hydrogen-bond donors (Lipinski definition) is 1. The van der Waals surface area contributed by atoms with E-state index in [1.165, 1.54) is 6.42 Å². The summed E-state index contributed by atoms with van der Waals surface area (Å²) in [5.74, 6) is 1.56. The molecule has 0 bridgehead atoms. The lowest BCUT2D eigenvalue weighted by molar-refractivity contribution is -0.129. The lowest BCUT2D eigenvalue weighted by Crippen LogP contribution is -2.53. The number of fused-ring (bicyclic) bond motifs is 1. The third kappa shape index (κ3) is 3.83. The second-order valence-electron chi connectivity index (χ2n) is 8.54. The summed E-state index contributed by atoms with van der Waals surface area (Å²) in [5.41, 5.74) is 1.55. The Morgan fingerprint density at radius 2 is 1.93 bits per heavy atom. The second-order valence-corrected chi connectivity index (χ2v) is 8.54. The van der Waals surface area contributed by atoms with E-state index >= 15 is 0 Å². The van der Waals surface area contributed by atoms with Crippen LogP contribution in [0.2, 0.25) is 0 Å². The average molecular weight is 410 g/mol. The molecule has 30 heavy (non-hydrogen) atoms. The minimum atomic E-state index is -0.677. The lowest BCUT2D eigenvalue weighted by atomic mass is 9.78. The van der Waals surface area contributed by atoms with E-state index in [1.807, 2.05) is 54.1 Å². The topological polar surface area (TPSA) is 63.6 Å². The third-order valence-corrected chi connectivity index (χ3v) is 6.69. The number of anilines is 1. The molecule has 1 saturated carbocycles. The molecule has 1 aromatic heterocycles. The van der Waals surface area contributed by atoms with Crippen molar-refractivity contribution in [3.63, 3.8) is 0 Å². The maximum Gasteiger partial charge on any atom is 0.249 e. The summed E-state index contributed by atoms with van der Waals surface area (Å²) in [6.45, 7) is 7.22. The first kappa shape index (κ1) is 20.5. The molecule has 1 aromatic carbocycles. The SMILES string of the molecule is CCOc1ccc(N2C(=O)Cn3cccc3[C@@H]2C(=O)N[C@@H]2CCC[C@@H](C)[C@H]2C)cc1. The molecule has 6 heteroatoms. The number of carbonyl (C=O) groups excluding carboxylic acids is 2. The summed E-state index contributed by atoms with van der Waals surface area (Å²) in [6, 6.07) is 10.7. The van der Waals surface area contributed by atoms with Crippen molar-refractivity contribution in [1.82, 2.24) is 9.88 Å². The molecule has 4 rings (SSSR count). The van der Waals surface area contributed by atoms with Crippen LogP contribution in [0.25, 0.3) is 0 Å². The zero-order valence-corrected chi connectivity index (χ0v) is 18.0. The summed E-state index contributed by atoms with van der Waals surface area (Å²) in [5, 5.41) is 3.28. The molecular weight excluding hydrogens is 378 g/mol. The van der Waals surface area contributed by atoms with E-state index in [4.69, 9.17) is 4.74 Å². The van der Waals surface area contributed by atoms with Gasteiger partial charge in [-0.25, -0.2) is 0 Å². The van der Waals surface area contributed by atoms with Crippen molar-refractivity contribution < 1.29 is 14.3 Å². The van der Waals surface area contributed by atoms with E-state index in [-0.39, 0.29) is 24.4 Å². The van der Waals surface area contributed by atoms with Crippen LogP contribution in [-0.4, -0.2) is 29.0 Å². The average Bonchev–Trinajstić information content (AvgIpc) is 3.19. The van der Waals surface area contributed by atoms with E-state index in [0.717, 1.165) is 24.3 Å². The van der Waals surface area contributed by atoms with E-state index in [9.17, 15) is 9.59 Å². The Balaban J connectivity index is 1.64. The molecule has 2 heterocycles. The highest BCUT2D eigenvalue weighted by molar-refractivity contribution is 6.02. The van der Waals surface area contributed by atoms with Crippen molar-refractivity contribution in [3.8, 4) is 5.75 Å². The molecule has 1 aliphatic heterocycles. The monoisotopic (exact) mass is 409 g/mol. The van der Waals surface area contributed by atoms with Gasteiger partial charge >= 0.3 is 0 Å². The van der Waals surface area contributed by atoms with Crippen LogP contribution in [0, 0.1) is 11.8 Å². The molecule has 160 valence electrons. The van der Waals surface area contributed by atoms with Crippen LogP contribution in [0.15, 0.2) is 42.6 Å². The molecule has 6 nitrogen and oxygen atoms in total. The fourth-order valence-corrected chi connectivity index (χ4v) is 4.78. The smallest absolute Gasteiger partial charge is 0.249 e. The van der Waals surface area contributed by atoms with Gasteiger partial charge in [0.05, 0.1) is 12.3 Å². The maximum absolute atomic E-state index is 13.5. The first-order valence-electron chi connectivity index (χ1n) is 11.0. The van der Waals surface area contributed by atoms with Gasteiger partial charge in [0.25, 0.3) is 0 Å². The number of amides is 2. The van der Waals surface area contributed by atoms with Crippen LogP contribution in [-0.2, 0) is 16.1 Å². The summed E-state index contributed by atoms with van der Waals surface area (Å²) in [6.07, 6.45) is 5.19. The maximum atomic E-state index is 13.5. The van der Waals surface area contributed by atoms with Crippen molar-refractivity contribution in [3.05, 3.63) is 48.3 Å². The van der Waals surface area contributed by atoms with Gasteiger partial charge < -0.3 is 14.6 Å². The Morgan fingerprint density at radius 3 is 2.67 bits per heavy atom. The van der Waals surface area contributed by atoms with Crippen LogP contribution in [0.1, 0.15) is 51.8 Å². The largest absolute Gasteiger partial charge is 0.494 e. The van der Waals surface area contributed by atoms with Crippen LogP contribution in [0.4, 0.5) is 5.69 Å². The molecule has 1 N–H and O–H groups in total. The number of rotatable bonds is 5. The molecule has 0 radical (unpaired) electrons. The van der Waals surface area contributed by atoms with E-state index in [0.29, 0.717) is 24.1 Å². The van der Waals surface area contributed by atoms with Crippen molar-refractivity contribution in [2.24, 2.45) is 11.8 Å². The van der Waals surface area contributed by atoms with Crippen LogP contribution in [0.3, 0.4) is 0 Å². The Hall–Kier alpha value is -2.76. The summed E-state index contributed by atoms with van der Waals surface area (Å²) in [4.78, 5) is 28.3. The highest BCUT2D eigenvalue weighted by atomic mass is 16.5. The highest BCUT2D eigenvalue weighted by Gasteiger charge is 2.40. The molecule has 0 saturated heterocycles. The van der Waals surface area contributed by atoms with Gasteiger partial charge in [0.1, 0.15) is 12.3 Å². The lowest BCUT2D eigenvalue weighted by Gasteiger charge is -2.39. The van der Waals surface area contributed by atoms with Gasteiger partial charge in [0.2, 0.25) is 11.8 Å². The van der Waals surface area contributed by atoms with Crippen molar-refractivity contribution >= 4 is 17.5 Å². The number of carbonyl (C=O) groups is 2. The van der Waals surface area contributed by atoms with Crippen LogP contribution >= 0.6 is 0 Å². The predicted molar refractivity (Wildman–Crippen MR) is 116 cm³/mol. The Morgan fingerprint density at radius 1 is 1.17 bits per heavy atom. The summed E-state index contributed by atoms with van der Waals surface area (Å²) in [7, 11) is 0. The predicted octanol–water partition coefficient (Wildman–Crippen LogP) is 3.92. The standard InChI is InChI=1S/C24H31N3O3/c1-4-30-19-12-10-18(11-13-19)27-22(28)15-26-14-6-9-21(26)23(27)24(29)25-20-8-5-7-16(2)17(20)3/h6,9-14,16-17,20,23H,4-5,7-8,15H2,1-3H3,(H,25,29)/t16-,17-,20-,23-/m1/s1. The molecular formula is C24H31N3O3. The van der Waals surface area contributed by atoms with Gasteiger partial charge in [-0.2, -0.15) is 0 Å². The molecule has 2 amide bonds. The minimum Gasteiger partial charge on any atom is -0.494 e. The third-order valence-electron chi connectivity index (χ3n) is 6.69. The van der Waals surface area contributed by atoms with Gasteiger partial charge in [0.15, 0.2) is 6.04 Å². The van der Waals surface area contributed by atoms with Crippen LogP contribution in [0.5, 0.6) is 5.75 Å². The Bertz CT molecular complexity index is 905. The Kier molecular flexibility index (Phi) is 5.84. The van der Waals surface area contributed by atoms with Crippen molar-refractivity contribution in [2.75, 3.05) is 11.5 Å². The number of ether oxygens (including phenoxy) is 1. The number of nitrogens with one attached hydrogen (secondary N) is 1. The van der Waals surface area contributed by atoms with Gasteiger partial charge in [-0.15, -0.1) is 0 Å². The molecule has 4 atom stereocenters. The quantitative estimate of drug-likeness (QED) is 0.814. The molecule has 0 spiro atoms. The van der Waals surface area contributed by atoms with Crippen molar-refractivity contribution in [2.45, 2.75) is 58.7 Å². The van der Waals surface area contributed by atoms with E-state index < -0.39 is 6.04 Å². The molecule has 0 unspecified atom stereocenters. The number of nitrogens with zero attached hydrogens (tertiary/aromatic N) is 2. The zero-order valence-electron chi connectivity index (χ0n) is 18.0. The van der Waals surface area contributed by atoms with Gasteiger partial charge in [-0.3, -0.25) is 14.5 Å². The molecule has 1 fully saturated rings. The number of benzene rings is 1. The van der Waals surface area contributed by atoms with E-state index in [1.54, 1.807) is 4.90 Å². The van der Waals surface area contributed by atoms with Crippen LogP contribution < -0.4 is 15.0 Å². The van der Waals surface area contributed by atoms with E-state index in [2.05, 4.69) is 19.2 Å². The first-order chi connectivity index (χ1) is 14.5. The minimum absolute atomic E-state index is 0.0897. The normalized spacial score (nSPS) is 26.2. The van der Waals surface area contributed by atoms with Crippen molar-refractivity contribution in [1.29, 1.82) is 0 Å². The Labute approximate surface area is 178 Å². The molecule has 2 aromatic rings. The fraction of sp³-hybridized carbons (Fsp3) is 0.500. The zero-order chi connectivity index (χ0) is 21.3. The highest BCUT2D eigenvalue weighted by Crippen LogP contribution is 2.35. The summed E-state index contributed by atoms with van der Waals surface area (Å²) < 4.78 is 7.41. The first-order valence-corrected chi connectivity index (χ1v) is 11.0. The van der Waals surface area contributed by atoms with Gasteiger partial charge in [-0.1, -0.05) is 26.7 Å². The van der Waals surface area contributed by atoms with Gasteiger partial charge in [0, 0.05) is 17.9 Å². The molecule has 2 aliphatic rings. The number of hydrogen-bond acceptors (Lipinski definition) is 3.